The van der Waals surface area contributed by atoms with Crippen molar-refractivity contribution in [2.75, 3.05) is 20.2 Å². The minimum Gasteiger partial charge on any atom is -0.466 e. The molecule has 0 aliphatic carbocycles. The van der Waals surface area contributed by atoms with Gasteiger partial charge in [0.25, 0.3) is 0 Å². The maximum atomic E-state index is 13.9. The molecule has 1 aliphatic rings. The number of benzene rings is 1. The molecular weight excluding hydrogens is 371 g/mol. The predicted octanol–water partition coefficient (Wildman–Crippen LogP) is 3.23. The molecule has 1 N–H and O–H groups in total. The number of hydrogen-bond acceptors (Lipinski definition) is 4. The van der Waals surface area contributed by atoms with Gasteiger partial charge in [-0.1, -0.05) is 18.2 Å². The number of halogens is 1. The number of nitrogens with zero attached hydrogens (tertiary/aromatic N) is 3. The number of guanidine groups is 1. The van der Waals surface area contributed by atoms with Crippen LogP contribution in [0.1, 0.15) is 31.1 Å². The van der Waals surface area contributed by atoms with Gasteiger partial charge in [-0.3, -0.25) is 9.98 Å². The third kappa shape index (κ3) is 4.62. The van der Waals surface area contributed by atoms with E-state index < -0.39 is 12.0 Å². The number of carbonyl (C=O) groups excluding carboxylic acids is 1. The molecule has 0 spiro atoms. The summed E-state index contributed by atoms with van der Waals surface area (Å²) in [6, 6.07) is 11.4. The van der Waals surface area contributed by atoms with Crippen LogP contribution in [0.15, 0.2) is 64.9 Å². The highest BCUT2D eigenvalue weighted by Crippen LogP contribution is 2.31. The van der Waals surface area contributed by atoms with Crippen molar-refractivity contribution in [2.24, 2.45) is 4.99 Å². The minimum atomic E-state index is -0.547. The maximum absolute atomic E-state index is 13.9. The number of pyridine rings is 1. The van der Waals surface area contributed by atoms with Crippen molar-refractivity contribution >= 4 is 11.9 Å². The molecule has 1 aromatic heterocycles. The van der Waals surface area contributed by atoms with Crippen LogP contribution in [0.4, 0.5) is 4.39 Å². The Morgan fingerprint density at radius 2 is 2.14 bits per heavy atom. The topological polar surface area (TPSA) is 66.8 Å². The SMILES string of the molecule is CCN1C(=NCCc2ccccn2)NC(c2cccc(F)c2)C(C(=O)OC)=C1C. The Bertz CT molecular complexity index is 927. The fraction of sp³-hybridized carbons (Fsp3) is 0.318. The molecule has 1 aliphatic heterocycles. The Kier molecular flexibility index (Phi) is 6.59. The van der Waals surface area contributed by atoms with Crippen LogP contribution in [0.3, 0.4) is 0 Å². The molecule has 29 heavy (non-hydrogen) atoms. The number of hydrogen-bond donors (Lipinski definition) is 1. The molecule has 0 saturated heterocycles. The number of aliphatic imine (C=N–C) groups is 1. The van der Waals surface area contributed by atoms with Crippen LogP contribution in [0.25, 0.3) is 0 Å². The second kappa shape index (κ2) is 9.32. The van der Waals surface area contributed by atoms with E-state index in [1.807, 2.05) is 36.9 Å². The zero-order chi connectivity index (χ0) is 20.8. The molecule has 0 fully saturated rings. The number of aromatic nitrogens is 1. The molecule has 6 nitrogen and oxygen atoms in total. The van der Waals surface area contributed by atoms with E-state index in [1.165, 1.54) is 19.2 Å². The number of esters is 1. The standard InChI is InChI=1S/C22H25FN4O2/c1-4-27-15(2)19(21(28)29-3)20(16-8-7-9-17(23)14-16)26-22(27)25-13-11-18-10-5-6-12-24-18/h5-10,12,14,20H,4,11,13H2,1-3H3,(H,25,26). The number of ether oxygens (including phenoxy) is 1. The van der Waals surface area contributed by atoms with Crippen LogP contribution in [-0.4, -0.2) is 42.0 Å². The second-order valence-corrected chi connectivity index (χ2v) is 6.64. The molecule has 0 amide bonds. The molecule has 1 unspecified atom stereocenters. The zero-order valence-electron chi connectivity index (χ0n) is 16.9. The summed E-state index contributed by atoms with van der Waals surface area (Å²) < 4.78 is 18.9. The van der Waals surface area contributed by atoms with Gasteiger partial charge in [0.15, 0.2) is 5.96 Å². The lowest BCUT2D eigenvalue weighted by Crippen LogP contribution is -2.49. The van der Waals surface area contributed by atoms with Gasteiger partial charge in [0.2, 0.25) is 0 Å². The Hall–Kier alpha value is -3.22. The highest BCUT2D eigenvalue weighted by atomic mass is 19.1. The quantitative estimate of drug-likeness (QED) is 0.760. The maximum Gasteiger partial charge on any atom is 0.337 e. The van der Waals surface area contributed by atoms with Crippen molar-refractivity contribution in [3.63, 3.8) is 0 Å². The Morgan fingerprint density at radius 3 is 2.79 bits per heavy atom. The van der Waals surface area contributed by atoms with Gasteiger partial charge in [-0.25, -0.2) is 9.18 Å². The summed E-state index contributed by atoms with van der Waals surface area (Å²) in [5, 5.41) is 3.31. The van der Waals surface area contributed by atoms with Gasteiger partial charge < -0.3 is 15.0 Å². The van der Waals surface area contributed by atoms with E-state index in [2.05, 4.69) is 10.3 Å². The number of methoxy groups -OCH3 is 1. The first-order chi connectivity index (χ1) is 14.0. The monoisotopic (exact) mass is 396 g/mol. The molecule has 1 atom stereocenters. The molecule has 2 heterocycles. The summed E-state index contributed by atoms with van der Waals surface area (Å²) in [5.74, 6) is -0.171. The molecule has 0 saturated carbocycles. The summed E-state index contributed by atoms with van der Waals surface area (Å²) in [6.07, 6.45) is 2.45. The van der Waals surface area contributed by atoms with E-state index in [0.717, 1.165) is 11.4 Å². The number of allylic oxidation sites excluding steroid dienone is 1. The zero-order valence-corrected chi connectivity index (χ0v) is 16.9. The predicted molar refractivity (Wildman–Crippen MR) is 110 cm³/mol. The van der Waals surface area contributed by atoms with Gasteiger partial charge in [0, 0.05) is 37.1 Å². The van der Waals surface area contributed by atoms with Gasteiger partial charge in [-0.15, -0.1) is 0 Å². The van der Waals surface area contributed by atoms with Crippen LogP contribution < -0.4 is 5.32 Å². The van der Waals surface area contributed by atoms with Gasteiger partial charge in [0.05, 0.1) is 18.7 Å². The summed E-state index contributed by atoms with van der Waals surface area (Å²) >= 11 is 0. The number of nitrogens with one attached hydrogen (secondary N) is 1. The molecule has 7 heteroatoms. The first-order valence-electron chi connectivity index (χ1n) is 9.58. The van der Waals surface area contributed by atoms with Gasteiger partial charge in [-0.05, 0) is 43.7 Å². The molecule has 152 valence electrons. The van der Waals surface area contributed by atoms with Crippen molar-refractivity contribution in [2.45, 2.75) is 26.3 Å². The van der Waals surface area contributed by atoms with E-state index in [9.17, 15) is 9.18 Å². The van der Waals surface area contributed by atoms with E-state index in [4.69, 9.17) is 9.73 Å². The van der Waals surface area contributed by atoms with Crippen LogP contribution in [0.5, 0.6) is 0 Å². The van der Waals surface area contributed by atoms with E-state index in [-0.39, 0.29) is 5.82 Å². The van der Waals surface area contributed by atoms with Crippen molar-refractivity contribution < 1.29 is 13.9 Å². The third-order valence-electron chi connectivity index (χ3n) is 4.87. The lowest BCUT2D eigenvalue weighted by Gasteiger charge is -2.37. The summed E-state index contributed by atoms with van der Waals surface area (Å²) in [6.45, 7) is 5.00. The largest absolute Gasteiger partial charge is 0.466 e. The number of carbonyl (C=O) groups is 1. The molecule has 0 radical (unpaired) electrons. The summed E-state index contributed by atoms with van der Waals surface area (Å²) in [4.78, 5) is 23.5. The van der Waals surface area contributed by atoms with E-state index in [1.54, 1.807) is 18.3 Å². The fourth-order valence-corrected chi connectivity index (χ4v) is 3.44. The highest BCUT2D eigenvalue weighted by Gasteiger charge is 2.34. The van der Waals surface area contributed by atoms with Gasteiger partial charge in [-0.2, -0.15) is 0 Å². The van der Waals surface area contributed by atoms with Crippen LogP contribution in [-0.2, 0) is 16.0 Å². The summed E-state index contributed by atoms with van der Waals surface area (Å²) in [7, 11) is 1.35. The highest BCUT2D eigenvalue weighted by molar-refractivity contribution is 5.96. The lowest BCUT2D eigenvalue weighted by molar-refractivity contribution is -0.136. The fourth-order valence-electron chi connectivity index (χ4n) is 3.44. The van der Waals surface area contributed by atoms with E-state index >= 15 is 0 Å². The lowest BCUT2D eigenvalue weighted by atomic mass is 9.94. The Morgan fingerprint density at radius 1 is 1.31 bits per heavy atom. The van der Waals surface area contributed by atoms with Crippen LogP contribution in [0.2, 0.25) is 0 Å². The van der Waals surface area contributed by atoms with E-state index in [0.29, 0.717) is 36.6 Å². The average Bonchev–Trinajstić information content (AvgIpc) is 2.73. The normalized spacial score (nSPS) is 18.0. The molecule has 1 aromatic carbocycles. The van der Waals surface area contributed by atoms with Crippen molar-refractivity contribution in [1.82, 2.24) is 15.2 Å². The molecule has 2 aromatic rings. The van der Waals surface area contributed by atoms with Crippen molar-refractivity contribution in [3.8, 4) is 0 Å². The van der Waals surface area contributed by atoms with Gasteiger partial charge >= 0.3 is 5.97 Å². The second-order valence-electron chi connectivity index (χ2n) is 6.64. The van der Waals surface area contributed by atoms with Crippen LogP contribution in [0, 0.1) is 5.82 Å². The molecule has 3 rings (SSSR count). The first-order valence-corrected chi connectivity index (χ1v) is 9.58. The first kappa shape index (κ1) is 20.5. The van der Waals surface area contributed by atoms with Gasteiger partial charge in [0.1, 0.15) is 5.82 Å². The Balaban J connectivity index is 1.95. The minimum absolute atomic E-state index is 0.363. The van der Waals surface area contributed by atoms with Crippen molar-refractivity contribution in [1.29, 1.82) is 0 Å². The van der Waals surface area contributed by atoms with Crippen LogP contribution >= 0.6 is 0 Å². The summed E-state index contributed by atoms with van der Waals surface area (Å²) in [5.41, 5.74) is 2.78. The van der Waals surface area contributed by atoms with Crippen molar-refractivity contribution in [3.05, 3.63) is 77.0 Å². The smallest absolute Gasteiger partial charge is 0.337 e. The average molecular weight is 396 g/mol. The molecular formula is C22H25FN4O2. The Labute approximate surface area is 170 Å². The molecule has 0 bridgehead atoms. The third-order valence-corrected chi connectivity index (χ3v) is 4.87. The number of rotatable bonds is 6.